The zero-order valence-electron chi connectivity index (χ0n) is 15.4. The SMILES string of the molecule is CCCn1c(=O)[nH]c(=O)c2cc(C(=O)NC3CCSc4ccccc43)cnc21. The number of benzene rings is 1. The maximum atomic E-state index is 12.8. The van der Waals surface area contributed by atoms with Crippen molar-refractivity contribution in [2.45, 2.75) is 37.2 Å². The summed E-state index contributed by atoms with van der Waals surface area (Å²) in [6, 6.07) is 9.47. The van der Waals surface area contributed by atoms with Gasteiger partial charge in [-0.2, -0.15) is 0 Å². The maximum absolute atomic E-state index is 12.8. The van der Waals surface area contributed by atoms with Crippen LogP contribution in [0, 0.1) is 0 Å². The van der Waals surface area contributed by atoms with E-state index >= 15 is 0 Å². The summed E-state index contributed by atoms with van der Waals surface area (Å²) in [5.41, 5.74) is 0.687. The molecule has 1 atom stereocenters. The van der Waals surface area contributed by atoms with E-state index in [0.717, 1.165) is 24.2 Å². The molecular formula is C20H20N4O3S. The molecule has 28 heavy (non-hydrogen) atoms. The Labute approximate surface area is 165 Å². The number of aromatic nitrogens is 3. The maximum Gasteiger partial charge on any atom is 0.329 e. The zero-order chi connectivity index (χ0) is 19.7. The van der Waals surface area contributed by atoms with Gasteiger partial charge in [0, 0.05) is 23.4 Å². The lowest BCUT2D eigenvalue weighted by Gasteiger charge is -2.25. The molecular weight excluding hydrogens is 376 g/mol. The van der Waals surface area contributed by atoms with Crippen molar-refractivity contribution in [3.8, 4) is 0 Å². The second-order valence-corrected chi connectivity index (χ2v) is 7.84. The average Bonchev–Trinajstić information content (AvgIpc) is 2.71. The summed E-state index contributed by atoms with van der Waals surface area (Å²) < 4.78 is 1.42. The highest BCUT2D eigenvalue weighted by molar-refractivity contribution is 7.99. The summed E-state index contributed by atoms with van der Waals surface area (Å²) in [4.78, 5) is 44.8. The largest absolute Gasteiger partial charge is 0.345 e. The molecule has 2 aromatic heterocycles. The van der Waals surface area contributed by atoms with E-state index in [2.05, 4.69) is 21.4 Å². The van der Waals surface area contributed by atoms with Gasteiger partial charge in [0.25, 0.3) is 11.5 Å². The van der Waals surface area contributed by atoms with E-state index in [0.29, 0.717) is 17.8 Å². The molecule has 8 heteroatoms. The summed E-state index contributed by atoms with van der Waals surface area (Å²) in [6.07, 6.45) is 2.99. The van der Waals surface area contributed by atoms with Crippen molar-refractivity contribution in [3.63, 3.8) is 0 Å². The Morgan fingerprint density at radius 3 is 3.00 bits per heavy atom. The number of aromatic amines is 1. The van der Waals surface area contributed by atoms with E-state index in [-0.39, 0.29) is 17.3 Å². The smallest absolute Gasteiger partial charge is 0.329 e. The normalized spacial score (nSPS) is 16.0. The van der Waals surface area contributed by atoms with E-state index in [4.69, 9.17) is 0 Å². The van der Waals surface area contributed by atoms with E-state index in [9.17, 15) is 14.4 Å². The van der Waals surface area contributed by atoms with Crippen LogP contribution >= 0.6 is 11.8 Å². The van der Waals surface area contributed by atoms with Crippen LogP contribution in [0.2, 0.25) is 0 Å². The second kappa shape index (κ2) is 7.63. The minimum atomic E-state index is -0.533. The number of hydrogen-bond donors (Lipinski definition) is 2. The molecule has 1 aliphatic rings. The van der Waals surface area contributed by atoms with Gasteiger partial charge in [-0.25, -0.2) is 9.78 Å². The van der Waals surface area contributed by atoms with E-state index < -0.39 is 11.2 Å². The predicted molar refractivity (Wildman–Crippen MR) is 109 cm³/mol. The Hall–Kier alpha value is -2.87. The highest BCUT2D eigenvalue weighted by Gasteiger charge is 2.23. The Bertz CT molecular complexity index is 1170. The number of rotatable bonds is 4. The van der Waals surface area contributed by atoms with Gasteiger partial charge < -0.3 is 5.32 Å². The Morgan fingerprint density at radius 2 is 2.18 bits per heavy atom. The van der Waals surface area contributed by atoms with Gasteiger partial charge in [-0.15, -0.1) is 11.8 Å². The molecule has 1 amide bonds. The number of carbonyl (C=O) groups is 1. The molecule has 0 spiro atoms. The van der Waals surface area contributed by atoms with Gasteiger partial charge in [-0.1, -0.05) is 25.1 Å². The Balaban J connectivity index is 1.68. The Morgan fingerprint density at radius 1 is 1.36 bits per heavy atom. The first-order valence-electron chi connectivity index (χ1n) is 9.24. The molecule has 7 nitrogen and oxygen atoms in total. The summed E-state index contributed by atoms with van der Waals surface area (Å²) in [7, 11) is 0. The molecule has 4 rings (SSSR count). The van der Waals surface area contributed by atoms with Crippen molar-refractivity contribution in [3.05, 3.63) is 68.5 Å². The second-order valence-electron chi connectivity index (χ2n) is 6.71. The average molecular weight is 396 g/mol. The van der Waals surface area contributed by atoms with Crippen LogP contribution in [0.15, 0.2) is 51.0 Å². The van der Waals surface area contributed by atoms with Gasteiger partial charge in [0.05, 0.1) is 17.0 Å². The van der Waals surface area contributed by atoms with Crippen LogP contribution in [0.25, 0.3) is 11.0 Å². The van der Waals surface area contributed by atoms with Crippen LogP contribution in [-0.2, 0) is 6.54 Å². The number of pyridine rings is 1. The molecule has 144 valence electrons. The molecule has 0 bridgehead atoms. The third kappa shape index (κ3) is 3.35. The molecule has 2 N–H and O–H groups in total. The number of fused-ring (bicyclic) bond motifs is 2. The number of hydrogen-bond acceptors (Lipinski definition) is 5. The third-order valence-corrected chi connectivity index (χ3v) is 5.93. The van der Waals surface area contributed by atoms with Crippen molar-refractivity contribution in [2.24, 2.45) is 0 Å². The van der Waals surface area contributed by atoms with Gasteiger partial charge in [-0.3, -0.25) is 19.1 Å². The molecule has 0 fully saturated rings. The van der Waals surface area contributed by atoms with Gasteiger partial charge >= 0.3 is 5.69 Å². The molecule has 0 saturated heterocycles. The van der Waals surface area contributed by atoms with Crippen LogP contribution in [0.4, 0.5) is 0 Å². The lowest BCUT2D eigenvalue weighted by molar-refractivity contribution is 0.0935. The number of H-pyrrole nitrogens is 1. The monoisotopic (exact) mass is 396 g/mol. The number of aryl methyl sites for hydroxylation is 1. The van der Waals surface area contributed by atoms with Gasteiger partial charge in [-0.05, 0) is 30.5 Å². The summed E-state index contributed by atoms with van der Waals surface area (Å²) in [5.74, 6) is 0.648. The first-order chi connectivity index (χ1) is 13.6. The van der Waals surface area contributed by atoms with Crippen molar-refractivity contribution >= 4 is 28.7 Å². The topological polar surface area (TPSA) is 96.9 Å². The molecule has 1 aliphatic heterocycles. The van der Waals surface area contributed by atoms with Crippen molar-refractivity contribution in [1.29, 1.82) is 0 Å². The van der Waals surface area contributed by atoms with Crippen LogP contribution in [0.3, 0.4) is 0 Å². The quantitative estimate of drug-likeness (QED) is 0.706. The molecule has 1 aromatic carbocycles. The van der Waals surface area contributed by atoms with E-state index in [1.54, 1.807) is 11.8 Å². The zero-order valence-corrected chi connectivity index (χ0v) is 16.2. The molecule has 1 unspecified atom stereocenters. The molecule has 0 saturated carbocycles. The van der Waals surface area contributed by atoms with E-state index in [1.165, 1.54) is 21.7 Å². The first-order valence-corrected chi connectivity index (χ1v) is 10.2. The van der Waals surface area contributed by atoms with Gasteiger partial charge in [0.1, 0.15) is 5.65 Å². The molecule has 3 aromatic rings. The lowest BCUT2D eigenvalue weighted by atomic mass is 10.0. The van der Waals surface area contributed by atoms with Crippen LogP contribution in [0.5, 0.6) is 0 Å². The number of nitrogens with one attached hydrogen (secondary N) is 2. The first kappa shape index (κ1) is 18.5. The van der Waals surface area contributed by atoms with Crippen LogP contribution in [-0.4, -0.2) is 26.2 Å². The van der Waals surface area contributed by atoms with E-state index in [1.807, 2.05) is 25.1 Å². The fraction of sp³-hybridized carbons (Fsp3) is 0.300. The van der Waals surface area contributed by atoms with Gasteiger partial charge in [0.2, 0.25) is 0 Å². The highest BCUT2D eigenvalue weighted by atomic mass is 32.2. The van der Waals surface area contributed by atoms with Crippen molar-refractivity contribution in [2.75, 3.05) is 5.75 Å². The Kier molecular flexibility index (Phi) is 5.04. The van der Waals surface area contributed by atoms with Crippen LogP contribution in [0.1, 0.15) is 41.7 Å². The predicted octanol–water partition coefficient (Wildman–Crippen LogP) is 2.46. The summed E-state index contributed by atoms with van der Waals surface area (Å²) in [5, 5.41) is 3.29. The molecule has 3 heterocycles. The number of nitrogens with zero attached hydrogens (tertiary/aromatic N) is 2. The van der Waals surface area contributed by atoms with Crippen LogP contribution < -0.4 is 16.6 Å². The fourth-order valence-electron chi connectivity index (χ4n) is 3.46. The molecule has 0 aliphatic carbocycles. The van der Waals surface area contributed by atoms with Crippen molar-refractivity contribution in [1.82, 2.24) is 19.9 Å². The standard InChI is InChI=1S/C20H20N4O3S/c1-2-8-24-17-14(19(26)23-20(24)27)10-12(11-21-17)18(25)22-15-7-9-28-16-6-4-3-5-13(15)16/h3-6,10-11,15H,2,7-9H2,1H3,(H,22,25)(H,23,26,27). The summed E-state index contributed by atoms with van der Waals surface area (Å²) >= 11 is 1.79. The number of thioether (sulfide) groups is 1. The number of amides is 1. The van der Waals surface area contributed by atoms with Crippen molar-refractivity contribution < 1.29 is 4.79 Å². The minimum absolute atomic E-state index is 0.0759. The summed E-state index contributed by atoms with van der Waals surface area (Å²) in [6.45, 7) is 2.38. The molecule has 0 radical (unpaired) electrons. The number of carbonyl (C=O) groups excluding carboxylic acids is 1. The third-order valence-electron chi connectivity index (χ3n) is 4.81. The fourth-order valence-corrected chi connectivity index (χ4v) is 4.58. The van der Waals surface area contributed by atoms with Gasteiger partial charge in [0.15, 0.2) is 0 Å². The lowest BCUT2D eigenvalue weighted by Crippen LogP contribution is -2.32. The highest BCUT2D eigenvalue weighted by Crippen LogP contribution is 2.35. The minimum Gasteiger partial charge on any atom is -0.345 e.